The van der Waals surface area contributed by atoms with E-state index in [1.165, 1.54) is 7.11 Å². The summed E-state index contributed by atoms with van der Waals surface area (Å²) in [4.78, 5) is 15.2. The number of unbranched alkanes of at least 4 members (excludes halogenated alkanes) is 1. The minimum absolute atomic E-state index is 0.0105. The Kier molecular flexibility index (Phi) is 6.74. The number of methoxy groups -OCH3 is 1. The summed E-state index contributed by atoms with van der Waals surface area (Å²) in [6.45, 7) is 0.560. The van der Waals surface area contributed by atoms with Crippen molar-refractivity contribution in [3.63, 3.8) is 0 Å². The third-order valence-corrected chi connectivity index (χ3v) is 5.32. The summed E-state index contributed by atoms with van der Waals surface area (Å²) < 4.78 is 90.3. The van der Waals surface area contributed by atoms with Gasteiger partial charge in [-0.15, -0.1) is 0 Å². The van der Waals surface area contributed by atoms with E-state index in [0.29, 0.717) is 54.4 Å². The highest BCUT2D eigenvalue weighted by molar-refractivity contribution is 5.83. The highest BCUT2D eigenvalue weighted by atomic mass is 19.4. The average Bonchev–Trinajstić information content (AvgIpc) is 3.47. The summed E-state index contributed by atoms with van der Waals surface area (Å²) in [6, 6.07) is 6.05. The van der Waals surface area contributed by atoms with Crippen LogP contribution in [0.4, 0.5) is 26.3 Å². The molecule has 2 heterocycles. The third-order valence-electron chi connectivity index (χ3n) is 5.32. The molecule has 13 heteroatoms. The van der Waals surface area contributed by atoms with Gasteiger partial charge in [-0.25, -0.2) is 0 Å². The third kappa shape index (κ3) is 5.66. The van der Waals surface area contributed by atoms with Crippen LogP contribution in [0.3, 0.4) is 0 Å². The van der Waals surface area contributed by atoms with Gasteiger partial charge in [0.1, 0.15) is 0 Å². The van der Waals surface area contributed by atoms with Crippen LogP contribution in [0.1, 0.15) is 30.4 Å². The summed E-state index contributed by atoms with van der Waals surface area (Å²) >= 11 is 0. The summed E-state index contributed by atoms with van der Waals surface area (Å²) in [5.74, 6) is -0.781. The largest absolute Gasteiger partial charge is 0.469 e. The molecule has 2 aromatic carbocycles. The van der Waals surface area contributed by atoms with Crippen molar-refractivity contribution in [3.05, 3.63) is 53.7 Å². The number of halogens is 6. The smallest absolute Gasteiger partial charge is 0.416 e. The first kappa shape index (κ1) is 25.2. The summed E-state index contributed by atoms with van der Waals surface area (Å²) in [5.41, 5.74) is -2.37. The first-order valence-corrected chi connectivity index (χ1v) is 10.6. The number of ether oxygens (including phenoxy) is 1. The number of hydrogen-bond donors (Lipinski definition) is 0. The molecule has 0 saturated heterocycles. The standard InChI is InChI=1S/C23H18F6N4O3/c1-35-19(34)4-2-3-7-33-12-15-8-13(5-6-18(15)31-33)20-30-21(36-32-20)14-9-16(22(24,25)26)11-17(10-14)23(27,28)29/h5-6,8-12H,2-4,7H2,1H3. The summed E-state index contributed by atoms with van der Waals surface area (Å²) in [6.07, 6.45) is -6.60. The minimum Gasteiger partial charge on any atom is -0.469 e. The van der Waals surface area contributed by atoms with Gasteiger partial charge < -0.3 is 9.26 Å². The van der Waals surface area contributed by atoms with E-state index in [1.54, 1.807) is 29.1 Å². The summed E-state index contributed by atoms with van der Waals surface area (Å²) in [7, 11) is 1.33. The number of fused-ring (bicyclic) bond motifs is 1. The van der Waals surface area contributed by atoms with Crippen LogP contribution >= 0.6 is 0 Å². The van der Waals surface area contributed by atoms with Gasteiger partial charge in [-0.05, 0) is 49.2 Å². The van der Waals surface area contributed by atoms with E-state index < -0.39 is 34.9 Å². The second-order valence-corrected chi connectivity index (χ2v) is 7.92. The molecule has 7 nitrogen and oxygen atoms in total. The van der Waals surface area contributed by atoms with Gasteiger partial charge in [0.25, 0.3) is 5.89 Å². The minimum atomic E-state index is -5.00. The Labute approximate surface area is 199 Å². The molecule has 0 unspecified atom stereocenters. The van der Waals surface area contributed by atoms with E-state index in [9.17, 15) is 31.1 Å². The van der Waals surface area contributed by atoms with E-state index in [2.05, 4.69) is 20.0 Å². The Morgan fingerprint density at radius 3 is 2.31 bits per heavy atom. The lowest BCUT2D eigenvalue weighted by Gasteiger charge is -2.12. The SMILES string of the molecule is COC(=O)CCCCn1cc2cc(-c3noc(-c4cc(C(F)(F)F)cc(C(F)(F)F)c4)n3)ccc2n1. The number of esters is 1. The number of carbonyl (C=O) groups is 1. The number of alkyl halides is 6. The predicted molar refractivity (Wildman–Crippen MR) is 114 cm³/mol. The number of nitrogens with zero attached hydrogens (tertiary/aromatic N) is 4. The van der Waals surface area contributed by atoms with E-state index in [1.807, 2.05) is 0 Å². The molecule has 0 aliphatic rings. The lowest BCUT2D eigenvalue weighted by Crippen LogP contribution is -2.11. The molecule has 0 aliphatic heterocycles. The van der Waals surface area contributed by atoms with Crippen molar-refractivity contribution < 1.29 is 40.4 Å². The number of rotatable bonds is 7. The Hall–Kier alpha value is -3.90. The highest BCUT2D eigenvalue weighted by Crippen LogP contribution is 2.38. The molecule has 0 bridgehead atoms. The molecule has 0 amide bonds. The van der Waals surface area contributed by atoms with E-state index >= 15 is 0 Å². The maximum absolute atomic E-state index is 13.2. The van der Waals surface area contributed by atoms with Gasteiger partial charge in [0.05, 0.1) is 23.8 Å². The second kappa shape index (κ2) is 9.63. The molecule has 0 aliphatic carbocycles. The fraction of sp³-hybridized carbons (Fsp3) is 0.304. The fourth-order valence-electron chi connectivity index (χ4n) is 3.51. The number of aromatic nitrogens is 4. The molecule has 0 N–H and O–H groups in total. The van der Waals surface area contributed by atoms with Crippen LogP contribution < -0.4 is 0 Å². The van der Waals surface area contributed by atoms with Crippen molar-refractivity contribution >= 4 is 16.9 Å². The van der Waals surface area contributed by atoms with Crippen LogP contribution in [0.25, 0.3) is 33.7 Å². The van der Waals surface area contributed by atoms with Gasteiger partial charge in [-0.2, -0.15) is 36.4 Å². The zero-order valence-electron chi connectivity index (χ0n) is 18.7. The van der Waals surface area contributed by atoms with Crippen LogP contribution in [-0.4, -0.2) is 33.0 Å². The molecule has 2 aromatic heterocycles. The Bertz CT molecular complexity index is 1360. The lowest BCUT2D eigenvalue weighted by molar-refractivity contribution is -0.143. The van der Waals surface area contributed by atoms with Crippen LogP contribution in [0, 0.1) is 0 Å². The first-order chi connectivity index (χ1) is 16.9. The Morgan fingerprint density at radius 2 is 1.67 bits per heavy atom. The van der Waals surface area contributed by atoms with Crippen molar-refractivity contribution in [2.45, 2.75) is 38.2 Å². The highest BCUT2D eigenvalue weighted by Gasteiger charge is 2.37. The second-order valence-electron chi connectivity index (χ2n) is 7.92. The zero-order chi connectivity index (χ0) is 26.1. The molecule has 190 valence electrons. The van der Waals surface area contributed by atoms with Crippen LogP contribution in [0.5, 0.6) is 0 Å². The molecule has 0 fully saturated rings. The van der Waals surface area contributed by atoms with Crippen LogP contribution in [0.2, 0.25) is 0 Å². The summed E-state index contributed by atoms with van der Waals surface area (Å²) in [5, 5.41) is 8.86. The molecule has 0 spiro atoms. The van der Waals surface area contributed by atoms with Gasteiger partial charge in [0, 0.05) is 35.7 Å². The molecule has 4 rings (SSSR count). The van der Waals surface area contributed by atoms with E-state index in [4.69, 9.17) is 4.52 Å². The zero-order valence-corrected chi connectivity index (χ0v) is 18.7. The molecule has 36 heavy (non-hydrogen) atoms. The van der Waals surface area contributed by atoms with Crippen LogP contribution in [0.15, 0.2) is 47.1 Å². The normalized spacial score (nSPS) is 12.3. The van der Waals surface area contributed by atoms with Crippen molar-refractivity contribution in [1.82, 2.24) is 19.9 Å². The molecular formula is C23H18F6N4O3. The molecule has 4 aromatic rings. The van der Waals surface area contributed by atoms with Crippen LogP contribution in [-0.2, 0) is 28.4 Å². The molecule has 0 radical (unpaired) electrons. The van der Waals surface area contributed by atoms with Crippen molar-refractivity contribution in [2.24, 2.45) is 0 Å². The van der Waals surface area contributed by atoms with Crippen molar-refractivity contribution in [2.75, 3.05) is 7.11 Å². The predicted octanol–water partition coefficient (Wildman–Crippen LogP) is 6.13. The monoisotopic (exact) mass is 512 g/mol. The van der Waals surface area contributed by atoms with Gasteiger partial charge in [-0.3, -0.25) is 9.48 Å². The Morgan fingerprint density at radius 1 is 0.972 bits per heavy atom. The average molecular weight is 512 g/mol. The fourth-order valence-corrected chi connectivity index (χ4v) is 3.51. The Balaban J connectivity index is 1.57. The van der Waals surface area contributed by atoms with Crippen molar-refractivity contribution in [1.29, 1.82) is 0 Å². The lowest BCUT2D eigenvalue weighted by atomic mass is 10.0. The van der Waals surface area contributed by atoms with E-state index in [-0.39, 0.29) is 17.9 Å². The molecule has 0 saturated carbocycles. The molecular weight excluding hydrogens is 494 g/mol. The first-order valence-electron chi connectivity index (χ1n) is 10.6. The van der Waals surface area contributed by atoms with Gasteiger partial charge in [0.2, 0.25) is 5.82 Å². The molecule has 0 atom stereocenters. The van der Waals surface area contributed by atoms with Gasteiger partial charge in [-0.1, -0.05) is 5.16 Å². The maximum Gasteiger partial charge on any atom is 0.416 e. The maximum atomic E-state index is 13.2. The van der Waals surface area contributed by atoms with Crippen molar-refractivity contribution in [3.8, 4) is 22.8 Å². The van der Waals surface area contributed by atoms with Gasteiger partial charge in [0.15, 0.2) is 0 Å². The topological polar surface area (TPSA) is 83.0 Å². The number of carbonyl (C=O) groups excluding carboxylic acids is 1. The van der Waals surface area contributed by atoms with E-state index in [0.717, 1.165) is 0 Å². The number of benzene rings is 2. The van der Waals surface area contributed by atoms with Gasteiger partial charge >= 0.3 is 18.3 Å². The quantitative estimate of drug-likeness (QED) is 0.168. The number of aryl methyl sites for hydroxylation is 1. The number of hydrogen-bond acceptors (Lipinski definition) is 6.